The quantitative estimate of drug-likeness (QED) is 0.138. The smallest absolute Gasteiger partial charge is 0.243 e. The standard InChI is InChI=1S/C38H52N6O6S/c1-4-33(45)40-30(22-34-41-28-13-12-25(23(2)3)21-32(28)51-34)37(47)44-35(24-14-18-49-19-15-24)38(48)43-29(10-7-8-17-39)36(46)42-27-16-20-50-31-11-6-5-9-26(27)31/h5-6,9,11-13,21,23-24,27,29-30,35H,4,7-8,10,14-20,22,39H2,1-3H3,(H,40,45)(H,42,46)(H,43,48)(H,44,47)/t27-,29+,30+,35+/m1/s1. The van der Waals surface area contributed by atoms with Crippen LogP contribution in [0.1, 0.15) is 93.8 Å². The van der Waals surface area contributed by atoms with Gasteiger partial charge in [-0.25, -0.2) is 4.98 Å². The number of hydrogen-bond donors (Lipinski definition) is 5. The average molecular weight is 721 g/mol. The molecular formula is C38H52N6O6S. The van der Waals surface area contributed by atoms with Gasteiger partial charge in [0.05, 0.1) is 27.9 Å². The van der Waals surface area contributed by atoms with Gasteiger partial charge in [-0.1, -0.05) is 45.0 Å². The molecule has 1 saturated heterocycles. The molecule has 12 nitrogen and oxygen atoms in total. The summed E-state index contributed by atoms with van der Waals surface area (Å²) in [6, 6.07) is 10.8. The number of nitrogens with two attached hydrogens (primary N) is 1. The fourth-order valence-corrected chi connectivity index (χ4v) is 7.66. The van der Waals surface area contributed by atoms with Gasteiger partial charge in [-0.3, -0.25) is 19.2 Å². The van der Waals surface area contributed by atoms with Crippen LogP contribution in [0.2, 0.25) is 0 Å². The molecule has 4 atom stereocenters. The number of thiazole rings is 1. The lowest BCUT2D eigenvalue weighted by Crippen LogP contribution is -2.59. The van der Waals surface area contributed by atoms with Crippen molar-refractivity contribution in [2.24, 2.45) is 11.7 Å². The number of unbranched alkanes of at least 4 members (excludes halogenated alkanes) is 1. The number of nitrogens with one attached hydrogen (secondary N) is 4. The molecule has 0 bridgehead atoms. The van der Waals surface area contributed by atoms with Crippen LogP contribution >= 0.6 is 11.3 Å². The minimum Gasteiger partial charge on any atom is -0.493 e. The molecular weight excluding hydrogens is 669 g/mol. The predicted molar refractivity (Wildman–Crippen MR) is 197 cm³/mol. The van der Waals surface area contributed by atoms with Gasteiger partial charge in [0.2, 0.25) is 23.6 Å². The molecule has 2 aromatic carbocycles. The van der Waals surface area contributed by atoms with Gasteiger partial charge < -0.3 is 36.5 Å². The first-order valence-electron chi connectivity index (χ1n) is 18.3. The lowest BCUT2D eigenvalue weighted by atomic mass is 9.90. The van der Waals surface area contributed by atoms with Crippen molar-refractivity contribution < 1.29 is 28.7 Å². The van der Waals surface area contributed by atoms with Gasteiger partial charge in [0.25, 0.3) is 0 Å². The fourth-order valence-electron chi connectivity index (χ4n) is 6.60. The predicted octanol–water partition coefficient (Wildman–Crippen LogP) is 4.02. The number of amides is 4. The molecule has 2 aliphatic rings. The van der Waals surface area contributed by atoms with Crippen molar-refractivity contribution in [2.45, 2.75) is 102 Å². The van der Waals surface area contributed by atoms with E-state index in [1.807, 2.05) is 30.3 Å². The number of aromatic nitrogens is 1. The van der Waals surface area contributed by atoms with E-state index in [1.54, 1.807) is 6.92 Å². The van der Waals surface area contributed by atoms with E-state index >= 15 is 0 Å². The Kier molecular flexibility index (Phi) is 13.8. The summed E-state index contributed by atoms with van der Waals surface area (Å²) >= 11 is 1.49. The summed E-state index contributed by atoms with van der Waals surface area (Å²) in [7, 11) is 0. The molecule has 2 aliphatic heterocycles. The Labute approximate surface area is 304 Å². The molecule has 6 N–H and O–H groups in total. The maximum absolute atomic E-state index is 14.2. The van der Waals surface area contributed by atoms with Crippen molar-refractivity contribution in [2.75, 3.05) is 26.4 Å². The Hall–Kier alpha value is -4.07. The Balaban J connectivity index is 1.34. The molecule has 0 radical (unpaired) electrons. The van der Waals surface area contributed by atoms with Crippen LogP contribution < -0.4 is 31.7 Å². The van der Waals surface area contributed by atoms with Crippen LogP contribution in [0.25, 0.3) is 10.2 Å². The molecule has 1 fully saturated rings. The van der Waals surface area contributed by atoms with Gasteiger partial charge in [-0.2, -0.15) is 0 Å². The van der Waals surface area contributed by atoms with Crippen molar-refractivity contribution in [3.05, 3.63) is 58.6 Å². The summed E-state index contributed by atoms with van der Waals surface area (Å²) in [6.45, 7) is 7.83. The molecule has 0 saturated carbocycles. The Morgan fingerprint density at radius 3 is 2.45 bits per heavy atom. The fraction of sp³-hybridized carbons (Fsp3) is 0.553. The normalized spacial score (nSPS) is 17.9. The Morgan fingerprint density at radius 2 is 1.71 bits per heavy atom. The van der Waals surface area contributed by atoms with Crippen LogP contribution in [0, 0.1) is 5.92 Å². The van der Waals surface area contributed by atoms with Gasteiger partial charge in [-0.05, 0) is 74.2 Å². The third-order valence-electron chi connectivity index (χ3n) is 9.65. The molecule has 5 rings (SSSR count). The summed E-state index contributed by atoms with van der Waals surface area (Å²) in [5.74, 6) is -0.639. The molecule has 0 unspecified atom stereocenters. The summed E-state index contributed by atoms with van der Waals surface area (Å²) < 4.78 is 12.4. The maximum atomic E-state index is 14.2. The molecule has 3 heterocycles. The molecule has 1 aromatic heterocycles. The molecule has 0 aliphatic carbocycles. The van der Waals surface area contributed by atoms with Crippen LogP contribution in [0.4, 0.5) is 0 Å². The van der Waals surface area contributed by atoms with E-state index in [-0.39, 0.29) is 36.6 Å². The zero-order valence-corrected chi connectivity index (χ0v) is 30.7. The highest BCUT2D eigenvalue weighted by atomic mass is 32.1. The van der Waals surface area contributed by atoms with Crippen LogP contribution in [0.3, 0.4) is 0 Å². The van der Waals surface area contributed by atoms with Gasteiger partial charge in [0.15, 0.2) is 0 Å². The van der Waals surface area contributed by atoms with Crippen LogP contribution in [0.5, 0.6) is 5.75 Å². The summed E-state index contributed by atoms with van der Waals surface area (Å²) in [5.41, 5.74) is 8.70. The van der Waals surface area contributed by atoms with Gasteiger partial charge in [0.1, 0.15) is 23.9 Å². The van der Waals surface area contributed by atoms with Crippen molar-refractivity contribution in [1.29, 1.82) is 0 Å². The number of carbonyl (C=O) groups excluding carboxylic acids is 4. The maximum Gasteiger partial charge on any atom is 0.243 e. The first-order chi connectivity index (χ1) is 24.7. The van der Waals surface area contributed by atoms with Gasteiger partial charge >= 0.3 is 0 Å². The molecule has 3 aromatic rings. The van der Waals surface area contributed by atoms with E-state index in [0.717, 1.165) is 21.5 Å². The summed E-state index contributed by atoms with van der Waals surface area (Å²) in [6.07, 6.45) is 3.81. The first-order valence-corrected chi connectivity index (χ1v) is 19.1. The van der Waals surface area contributed by atoms with E-state index in [9.17, 15) is 19.2 Å². The highest BCUT2D eigenvalue weighted by Gasteiger charge is 2.36. The number of rotatable bonds is 16. The molecule has 0 spiro atoms. The minimum absolute atomic E-state index is 0.173. The van der Waals surface area contributed by atoms with E-state index in [4.69, 9.17) is 20.2 Å². The van der Waals surface area contributed by atoms with E-state index in [2.05, 4.69) is 47.2 Å². The molecule has 51 heavy (non-hydrogen) atoms. The molecule has 276 valence electrons. The third kappa shape index (κ3) is 10.3. The Bertz CT molecular complexity index is 1660. The summed E-state index contributed by atoms with van der Waals surface area (Å²) in [5, 5.41) is 12.7. The van der Waals surface area contributed by atoms with Crippen molar-refractivity contribution >= 4 is 45.2 Å². The highest BCUT2D eigenvalue weighted by Crippen LogP contribution is 2.32. The number of fused-ring (bicyclic) bond motifs is 2. The number of ether oxygens (including phenoxy) is 2. The first kappa shape index (κ1) is 38.2. The second-order valence-electron chi connectivity index (χ2n) is 13.7. The molecule has 4 amide bonds. The highest BCUT2D eigenvalue weighted by molar-refractivity contribution is 7.18. The van der Waals surface area contributed by atoms with Crippen molar-refractivity contribution in [3.63, 3.8) is 0 Å². The second-order valence-corrected chi connectivity index (χ2v) is 14.8. The van der Waals surface area contributed by atoms with Crippen LogP contribution in [0.15, 0.2) is 42.5 Å². The van der Waals surface area contributed by atoms with Crippen LogP contribution in [-0.2, 0) is 30.3 Å². The zero-order chi connectivity index (χ0) is 36.3. The largest absolute Gasteiger partial charge is 0.493 e. The number of nitrogens with zero attached hydrogens (tertiary/aromatic N) is 1. The number of carbonyl (C=O) groups is 4. The van der Waals surface area contributed by atoms with E-state index in [1.165, 1.54) is 16.9 Å². The van der Waals surface area contributed by atoms with Crippen molar-refractivity contribution in [3.8, 4) is 5.75 Å². The number of para-hydroxylation sites is 1. The van der Waals surface area contributed by atoms with Crippen molar-refractivity contribution in [1.82, 2.24) is 26.3 Å². The lowest BCUT2D eigenvalue weighted by Gasteiger charge is -2.33. The minimum atomic E-state index is -0.949. The van der Waals surface area contributed by atoms with Gasteiger partial charge in [-0.15, -0.1) is 11.3 Å². The van der Waals surface area contributed by atoms with E-state index in [0.29, 0.717) is 75.8 Å². The molecule has 13 heteroatoms. The van der Waals surface area contributed by atoms with Gasteiger partial charge in [0, 0.05) is 38.0 Å². The van der Waals surface area contributed by atoms with Crippen LogP contribution in [-0.4, -0.2) is 73.1 Å². The summed E-state index contributed by atoms with van der Waals surface area (Å²) in [4.78, 5) is 59.5. The third-order valence-corrected chi connectivity index (χ3v) is 10.7. The zero-order valence-electron chi connectivity index (χ0n) is 29.9. The van der Waals surface area contributed by atoms with E-state index < -0.39 is 29.9 Å². The topological polar surface area (TPSA) is 174 Å². The SMILES string of the molecule is CCC(=O)N[C@@H](Cc1nc2ccc(C(C)C)cc2s1)C(=O)N[C@H](C(=O)N[C@@H](CCCCN)C(=O)N[C@@H]1CCOc2ccccc21)C1CCOCC1. The average Bonchev–Trinajstić information content (AvgIpc) is 3.55. The number of benzene rings is 2. The Morgan fingerprint density at radius 1 is 0.922 bits per heavy atom. The number of hydrogen-bond acceptors (Lipinski definition) is 9. The monoisotopic (exact) mass is 720 g/mol. The second kappa shape index (κ2) is 18.4. The lowest BCUT2D eigenvalue weighted by molar-refractivity contribution is -0.135.